The molecule has 92 valence electrons. The highest BCUT2D eigenvalue weighted by molar-refractivity contribution is 5.71. The zero-order valence-electron chi connectivity index (χ0n) is 10.4. The van der Waals surface area contributed by atoms with Crippen LogP contribution >= 0.6 is 0 Å². The van der Waals surface area contributed by atoms with Gasteiger partial charge in [0, 0.05) is 12.1 Å². The van der Waals surface area contributed by atoms with Crippen LogP contribution in [0.3, 0.4) is 0 Å². The smallest absolute Gasteiger partial charge is 0.308 e. The number of piperidine rings is 1. The fourth-order valence-electron chi connectivity index (χ4n) is 3.46. The standard InChI is InChI=1S/C13H23NO2/c1-9-5-4-8-14(10(9)2)12-7-3-6-11(12)13(15)16/h9-12H,3-8H2,1-2H3,(H,15,16). The number of carboxylic acid groups (broad SMARTS) is 1. The first-order chi connectivity index (χ1) is 7.61. The summed E-state index contributed by atoms with van der Waals surface area (Å²) in [7, 11) is 0. The Labute approximate surface area is 97.8 Å². The monoisotopic (exact) mass is 225 g/mol. The van der Waals surface area contributed by atoms with E-state index in [1.165, 1.54) is 12.8 Å². The van der Waals surface area contributed by atoms with Gasteiger partial charge in [0.1, 0.15) is 0 Å². The molecule has 1 saturated heterocycles. The SMILES string of the molecule is CC1CCCN(C2CCCC2C(=O)O)C1C. The summed E-state index contributed by atoms with van der Waals surface area (Å²) in [5.74, 6) is 0.00414. The van der Waals surface area contributed by atoms with E-state index in [9.17, 15) is 9.90 Å². The van der Waals surface area contributed by atoms with Crippen molar-refractivity contribution in [2.45, 2.75) is 58.0 Å². The van der Waals surface area contributed by atoms with E-state index in [4.69, 9.17) is 0 Å². The van der Waals surface area contributed by atoms with Gasteiger partial charge < -0.3 is 5.11 Å². The second-order valence-electron chi connectivity index (χ2n) is 5.54. The molecule has 0 aromatic rings. The summed E-state index contributed by atoms with van der Waals surface area (Å²) >= 11 is 0. The minimum absolute atomic E-state index is 0.118. The molecule has 1 aliphatic heterocycles. The molecular formula is C13H23NO2. The molecule has 0 aromatic carbocycles. The maximum Gasteiger partial charge on any atom is 0.308 e. The van der Waals surface area contributed by atoms with Crippen LogP contribution in [0.25, 0.3) is 0 Å². The van der Waals surface area contributed by atoms with E-state index in [1.807, 2.05) is 0 Å². The Morgan fingerprint density at radius 2 is 1.94 bits per heavy atom. The first-order valence-electron chi connectivity index (χ1n) is 6.60. The Kier molecular flexibility index (Phi) is 3.53. The zero-order valence-corrected chi connectivity index (χ0v) is 10.4. The number of likely N-dealkylation sites (tertiary alicyclic amines) is 1. The largest absolute Gasteiger partial charge is 0.481 e. The Hall–Kier alpha value is -0.570. The third kappa shape index (κ3) is 2.10. The van der Waals surface area contributed by atoms with Crippen LogP contribution in [0.15, 0.2) is 0 Å². The summed E-state index contributed by atoms with van der Waals surface area (Å²) < 4.78 is 0. The van der Waals surface area contributed by atoms with Gasteiger partial charge in [-0.2, -0.15) is 0 Å². The predicted molar refractivity (Wildman–Crippen MR) is 63.3 cm³/mol. The van der Waals surface area contributed by atoms with Crippen LogP contribution in [0, 0.1) is 11.8 Å². The van der Waals surface area contributed by atoms with Crippen molar-refractivity contribution in [1.29, 1.82) is 0 Å². The van der Waals surface area contributed by atoms with Crippen LogP contribution in [0.1, 0.15) is 46.0 Å². The van der Waals surface area contributed by atoms with Crippen LogP contribution < -0.4 is 0 Å². The second-order valence-corrected chi connectivity index (χ2v) is 5.54. The van der Waals surface area contributed by atoms with Gasteiger partial charge in [-0.25, -0.2) is 0 Å². The highest BCUT2D eigenvalue weighted by Gasteiger charge is 2.40. The first-order valence-corrected chi connectivity index (χ1v) is 6.60. The van der Waals surface area contributed by atoms with E-state index in [-0.39, 0.29) is 5.92 Å². The van der Waals surface area contributed by atoms with Gasteiger partial charge in [-0.05, 0) is 45.1 Å². The lowest BCUT2D eigenvalue weighted by Crippen LogP contribution is -2.50. The summed E-state index contributed by atoms with van der Waals surface area (Å²) in [5.41, 5.74) is 0. The first kappa shape index (κ1) is 11.9. The van der Waals surface area contributed by atoms with E-state index >= 15 is 0 Å². The van der Waals surface area contributed by atoms with Gasteiger partial charge in [-0.15, -0.1) is 0 Å². The number of carboxylic acids is 1. The van der Waals surface area contributed by atoms with Gasteiger partial charge in [0.15, 0.2) is 0 Å². The molecule has 1 N–H and O–H groups in total. The topological polar surface area (TPSA) is 40.5 Å². The van der Waals surface area contributed by atoms with Crippen LogP contribution in [0.2, 0.25) is 0 Å². The summed E-state index contributed by atoms with van der Waals surface area (Å²) in [6.07, 6.45) is 5.56. The molecule has 4 unspecified atom stereocenters. The van der Waals surface area contributed by atoms with Crippen molar-refractivity contribution in [3.63, 3.8) is 0 Å². The molecule has 2 rings (SSSR count). The summed E-state index contributed by atoms with van der Waals surface area (Å²) in [6.45, 7) is 5.66. The number of hydrogen-bond acceptors (Lipinski definition) is 2. The van der Waals surface area contributed by atoms with Gasteiger partial charge in [0.2, 0.25) is 0 Å². The molecule has 2 fully saturated rings. The van der Waals surface area contributed by atoms with Gasteiger partial charge in [0.05, 0.1) is 5.92 Å². The van der Waals surface area contributed by atoms with Gasteiger partial charge >= 0.3 is 5.97 Å². The van der Waals surface area contributed by atoms with Crippen LogP contribution in [0.5, 0.6) is 0 Å². The molecule has 0 radical (unpaired) electrons. The molecule has 0 aromatic heterocycles. The van der Waals surface area contributed by atoms with E-state index < -0.39 is 5.97 Å². The predicted octanol–water partition coefficient (Wildman–Crippen LogP) is 2.36. The maximum atomic E-state index is 11.2. The lowest BCUT2D eigenvalue weighted by Gasteiger charge is -2.43. The Morgan fingerprint density at radius 3 is 2.62 bits per heavy atom. The van der Waals surface area contributed by atoms with Gasteiger partial charge in [-0.3, -0.25) is 9.69 Å². The molecule has 1 aliphatic carbocycles. The molecule has 2 aliphatic rings. The molecule has 1 saturated carbocycles. The average Bonchev–Trinajstić information content (AvgIpc) is 2.70. The fourth-order valence-corrected chi connectivity index (χ4v) is 3.46. The van der Waals surface area contributed by atoms with E-state index in [1.54, 1.807) is 0 Å². The number of carbonyl (C=O) groups is 1. The van der Waals surface area contributed by atoms with Crippen molar-refractivity contribution in [3.8, 4) is 0 Å². The minimum atomic E-state index is -0.590. The summed E-state index contributed by atoms with van der Waals surface area (Å²) in [6, 6.07) is 0.856. The van der Waals surface area contributed by atoms with E-state index in [2.05, 4.69) is 18.7 Å². The minimum Gasteiger partial charge on any atom is -0.481 e. The van der Waals surface area contributed by atoms with Crippen molar-refractivity contribution in [1.82, 2.24) is 4.90 Å². The third-order valence-electron chi connectivity index (χ3n) is 4.65. The van der Waals surface area contributed by atoms with Crippen molar-refractivity contribution < 1.29 is 9.90 Å². The molecular weight excluding hydrogens is 202 g/mol. The molecule has 0 spiro atoms. The summed E-state index contributed by atoms with van der Waals surface area (Å²) in [5, 5.41) is 9.24. The average molecular weight is 225 g/mol. The van der Waals surface area contributed by atoms with Crippen LogP contribution in [0.4, 0.5) is 0 Å². The van der Waals surface area contributed by atoms with Gasteiger partial charge in [0.25, 0.3) is 0 Å². The highest BCUT2D eigenvalue weighted by Crippen LogP contribution is 2.35. The van der Waals surface area contributed by atoms with Crippen molar-refractivity contribution >= 4 is 5.97 Å². The Bertz CT molecular complexity index is 267. The maximum absolute atomic E-state index is 11.2. The Balaban J connectivity index is 2.07. The summed E-state index contributed by atoms with van der Waals surface area (Å²) in [4.78, 5) is 13.7. The molecule has 3 nitrogen and oxygen atoms in total. The van der Waals surface area contributed by atoms with Crippen molar-refractivity contribution in [2.75, 3.05) is 6.54 Å². The number of hydrogen-bond donors (Lipinski definition) is 1. The van der Waals surface area contributed by atoms with Crippen molar-refractivity contribution in [2.24, 2.45) is 11.8 Å². The highest BCUT2D eigenvalue weighted by atomic mass is 16.4. The molecule has 4 atom stereocenters. The van der Waals surface area contributed by atoms with Crippen LogP contribution in [-0.4, -0.2) is 34.6 Å². The number of nitrogens with zero attached hydrogens (tertiary/aromatic N) is 1. The van der Waals surface area contributed by atoms with Crippen molar-refractivity contribution in [3.05, 3.63) is 0 Å². The number of rotatable bonds is 2. The van der Waals surface area contributed by atoms with E-state index in [0.717, 1.165) is 25.8 Å². The molecule has 1 heterocycles. The second kappa shape index (κ2) is 4.74. The van der Waals surface area contributed by atoms with Gasteiger partial charge in [-0.1, -0.05) is 13.3 Å². The molecule has 0 bridgehead atoms. The Morgan fingerprint density at radius 1 is 1.19 bits per heavy atom. The molecule has 16 heavy (non-hydrogen) atoms. The fraction of sp³-hybridized carbons (Fsp3) is 0.923. The quantitative estimate of drug-likeness (QED) is 0.784. The third-order valence-corrected chi connectivity index (χ3v) is 4.65. The van der Waals surface area contributed by atoms with Crippen LogP contribution in [-0.2, 0) is 4.79 Å². The van der Waals surface area contributed by atoms with E-state index in [0.29, 0.717) is 18.0 Å². The normalized spacial score (nSPS) is 41.1. The number of aliphatic carboxylic acids is 1. The zero-order chi connectivity index (χ0) is 11.7. The molecule has 0 amide bonds. The molecule has 3 heteroatoms. The lowest BCUT2D eigenvalue weighted by atomic mass is 9.88. The lowest BCUT2D eigenvalue weighted by molar-refractivity contribution is -0.144.